The molecular formula is C22H26N2O4S. The predicted molar refractivity (Wildman–Crippen MR) is 111 cm³/mol. The molecule has 1 aromatic carbocycles. The van der Waals surface area contributed by atoms with E-state index >= 15 is 0 Å². The van der Waals surface area contributed by atoms with Gasteiger partial charge < -0.3 is 19.3 Å². The smallest absolute Gasteiger partial charge is 0.263 e. The fourth-order valence-corrected chi connectivity index (χ4v) is 4.68. The zero-order valence-corrected chi connectivity index (χ0v) is 17.5. The van der Waals surface area contributed by atoms with Crippen LogP contribution < -0.4 is 9.47 Å². The van der Waals surface area contributed by atoms with Crippen molar-refractivity contribution in [3.63, 3.8) is 0 Å². The van der Waals surface area contributed by atoms with Gasteiger partial charge in [-0.2, -0.15) is 0 Å². The first-order chi connectivity index (χ1) is 14.2. The van der Waals surface area contributed by atoms with E-state index in [-0.39, 0.29) is 17.7 Å². The fraction of sp³-hybridized carbons (Fsp3) is 0.455. The maximum atomic E-state index is 13.3. The summed E-state index contributed by atoms with van der Waals surface area (Å²) < 4.78 is 11.5. The third kappa shape index (κ3) is 4.24. The van der Waals surface area contributed by atoms with Gasteiger partial charge in [0.15, 0.2) is 11.5 Å². The quantitative estimate of drug-likeness (QED) is 0.752. The van der Waals surface area contributed by atoms with Crippen molar-refractivity contribution in [2.75, 3.05) is 32.8 Å². The summed E-state index contributed by atoms with van der Waals surface area (Å²) in [5.74, 6) is 1.45. The molecule has 3 heterocycles. The van der Waals surface area contributed by atoms with Crippen molar-refractivity contribution < 1.29 is 19.1 Å². The molecule has 2 aromatic rings. The van der Waals surface area contributed by atoms with Crippen molar-refractivity contribution in [1.82, 2.24) is 9.80 Å². The number of carbonyl (C=O) groups excluding carboxylic acids is 2. The molecule has 4 rings (SSSR count). The molecule has 2 aliphatic rings. The number of thiophene rings is 1. The Morgan fingerprint density at radius 2 is 2.07 bits per heavy atom. The number of benzene rings is 1. The second kappa shape index (κ2) is 8.86. The third-order valence-corrected chi connectivity index (χ3v) is 6.35. The van der Waals surface area contributed by atoms with Gasteiger partial charge in [-0.05, 0) is 37.3 Å². The van der Waals surface area contributed by atoms with Crippen LogP contribution in [0, 0.1) is 5.92 Å². The van der Waals surface area contributed by atoms with Crippen LogP contribution in [0.4, 0.5) is 0 Å². The minimum absolute atomic E-state index is 0.0308. The van der Waals surface area contributed by atoms with Crippen molar-refractivity contribution in [2.24, 2.45) is 5.92 Å². The molecule has 0 aliphatic carbocycles. The Labute approximate surface area is 175 Å². The van der Waals surface area contributed by atoms with Crippen LogP contribution in [0.1, 0.15) is 35.0 Å². The van der Waals surface area contributed by atoms with Gasteiger partial charge in [-0.1, -0.05) is 18.2 Å². The van der Waals surface area contributed by atoms with Crippen molar-refractivity contribution >= 4 is 23.2 Å². The molecule has 6 nitrogen and oxygen atoms in total. The van der Waals surface area contributed by atoms with Crippen LogP contribution in [0.25, 0.3) is 0 Å². The van der Waals surface area contributed by atoms with Gasteiger partial charge in [0.1, 0.15) is 13.2 Å². The molecule has 1 atom stereocenters. The van der Waals surface area contributed by atoms with E-state index in [1.54, 1.807) is 0 Å². The Bertz CT molecular complexity index is 868. The largest absolute Gasteiger partial charge is 0.486 e. The van der Waals surface area contributed by atoms with Crippen LogP contribution in [0.5, 0.6) is 11.5 Å². The number of fused-ring (bicyclic) bond motifs is 1. The number of hydrogen-bond acceptors (Lipinski definition) is 5. The van der Waals surface area contributed by atoms with E-state index in [4.69, 9.17) is 9.47 Å². The molecule has 154 valence electrons. The zero-order chi connectivity index (χ0) is 20.2. The third-order valence-electron chi connectivity index (χ3n) is 5.49. The number of piperidine rings is 1. The lowest BCUT2D eigenvalue weighted by molar-refractivity contribution is -0.137. The van der Waals surface area contributed by atoms with E-state index in [2.05, 4.69) is 0 Å². The number of amides is 2. The molecule has 2 aliphatic heterocycles. The lowest BCUT2D eigenvalue weighted by Crippen LogP contribution is -2.46. The minimum atomic E-state index is -0.163. The van der Waals surface area contributed by atoms with Crippen molar-refractivity contribution in [1.29, 1.82) is 0 Å². The highest BCUT2D eigenvalue weighted by atomic mass is 32.1. The summed E-state index contributed by atoms with van der Waals surface area (Å²) in [6.45, 7) is 5.34. The van der Waals surface area contributed by atoms with E-state index in [0.717, 1.165) is 34.8 Å². The summed E-state index contributed by atoms with van der Waals surface area (Å²) in [4.78, 5) is 30.4. The Hall–Kier alpha value is -2.54. The highest BCUT2D eigenvalue weighted by Crippen LogP contribution is 2.34. The van der Waals surface area contributed by atoms with Gasteiger partial charge in [0, 0.05) is 31.7 Å². The monoisotopic (exact) mass is 414 g/mol. The van der Waals surface area contributed by atoms with Crippen LogP contribution in [-0.4, -0.2) is 54.5 Å². The molecule has 2 amide bonds. The molecule has 0 radical (unpaired) electrons. The van der Waals surface area contributed by atoms with Gasteiger partial charge in [0.2, 0.25) is 5.91 Å². The van der Waals surface area contributed by atoms with E-state index in [1.807, 2.05) is 52.4 Å². The molecule has 0 saturated carbocycles. The lowest BCUT2D eigenvalue weighted by atomic mass is 9.96. The highest BCUT2D eigenvalue weighted by Gasteiger charge is 2.32. The Morgan fingerprint density at radius 1 is 1.21 bits per heavy atom. The first-order valence-corrected chi connectivity index (χ1v) is 11.0. The predicted octanol–water partition coefficient (Wildman–Crippen LogP) is 3.42. The summed E-state index contributed by atoms with van der Waals surface area (Å²) >= 11 is 1.45. The number of rotatable bonds is 5. The van der Waals surface area contributed by atoms with E-state index in [0.29, 0.717) is 39.4 Å². The van der Waals surface area contributed by atoms with Crippen LogP contribution >= 0.6 is 11.3 Å². The van der Waals surface area contributed by atoms with E-state index in [1.165, 1.54) is 11.3 Å². The molecule has 0 bridgehead atoms. The van der Waals surface area contributed by atoms with Gasteiger partial charge >= 0.3 is 0 Å². The van der Waals surface area contributed by atoms with Crippen LogP contribution in [0.2, 0.25) is 0 Å². The summed E-state index contributed by atoms with van der Waals surface area (Å²) in [5.41, 5.74) is 0.958. The fourth-order valence-electron chi connectivity index (χ4n) is 3.99. The SMILES string of the molecule is CCN(Cc1cccc2c1OCCO2)C(=O)C1CCCN(C(=O)c2cccs2)C1. The summed E-state index contributed by atoms with van der Waals surface area (Å²) in [5, 5.41) is 1.91. The van der Waals surface area contributed by atoms with Gasteiger partial charge in [0.25, 0.3) is 5.91 Å². The molecular weight excluding hydrogens is 388 g/mol. The highest BCUT2D eigenvalue weighted by molar-refractivity contribution is 7.12. The first kappa shape index (κ1) is 19.8. The molecule has 29 heavy (non-hydrogen) atoms. The standard InChI is InChI=1S/C22H26N2O4S/c1-2-23(14-16-6-3-8-18-20(16)28-12-11-27-18)21(25)17-7-4-10-24(15-17)22(26)19-9-5-13-29-19/h3,5-6,8-9,13,17H,2,4,7,10-12,14-15H2,1H3. The molecule has 1 fully saturated rings. The van der Waals surface area contributed by atoms with E-state index < -0.39 is 0 Å². The van der Waals surface area contributed by atoms with Crippen molar-refractivity contribution in [2.45, 2.75) is 26.3 Å². The average Bonchev–Trinajstić information content (AvgIpc) is 3.31. The molecule has 7 heteroatoms. The normalized spacial score (nSPS) is 18.4. The second-order valence-electron chi connectivity index (χ2n) is 7.36. The van der Waals surface area contributed by atoms with Crippen molar-refractivity contribution in [3.8, 4) is 11.5 Å². The zero-order valence-electron chi connectivity index (χ0n) is 16.6. The Balaban J connectivity index is 1.45. The number of hydrogen-bond donors (Lipinski definition) is 0. The molecule has 1 aromatic heterocycles. The lowest BCUT2D eigenvalue weighted by Gasteiger charge is -2.35. The van der Waals surface area contributed by atoms with Crippen LogP contribution in [0.15, 0.2) is 35.7 Å². The molecule has 1 saturated heterocycles. The van der Waals surface area contributed by atoms with Crippen molar-refractivity contribution in [3.05, 3.63) is 46.2 Å². The minimum Gasteiger partial charge on any atom is -0.486 e. The van der Waals surface area contributed by atoms with E-state index in [9.17, 15) is 9.59 Å². The average molecular weight is 415 g/mol. The molecule has 0 N–H and O–H groups in total. The number of ether oxygens (including phenoxy) is 2. The second-order valence-corrected chi connectivity index (χ2v) is 8.31. The maximum absolute atomic E-state index is 13.3. The number of nitrogens with zero attached hydrogens (tertiary/aromatic N) is 2. The van der Waals surface area contributed by atoms with Gasteiger partial charge in [-0.25, -0.2) is 0 Å². The Kier molecular flexibility index (Phi) is 6.04. The molecule has 0 spiro atoms. The van der Waals surface area contributed by atoms with Gasteiger partial charge in [0.05, 0.1) is 10.8 Å². The van der Waals surface area contributed by atoms with Gasteiger partial charge in [-0.3, -0.25) is 9.59 Å². The number of carbonyl (C=O) groups is 2. The summed E-state index contributed by atoms with van der Waals surface area (Å²) in [6.07, 6.45) is 1.67. The number of para-hydroxylation sites is 1. The molecule has 1 unspecified atom stereocenters. The van der Waals surface area contributed by atoms with Crippen LogP contribution in [0.3, 0.4) is 0 Å². The first-order valence-electron chi connectivity index (χ1n) is 10.2. The Morgan fingerprint density at radius 3 is 2.86 bits per heavy atom. The number of likely N-dealkylation sites (tertiary alicyclic amines) is 1. The maximum Gasteiger partial charge on any atom is 0.263 e. The topological polar surface area (TPSA) is 59.1 Å². The van der Waals surface area contributed by atoms with Gasteiger partial charge in [-0.15, -0.1) is 11.3 Å². The summed E-state index contributed by atoms with van der Waals surface area (Å²) in [6, 6.07) is 9.54. The summed E-state index contributed by atoms with van der Waals surface area (Å²) in [7, 11) is 0. The van der Waals surface area contributed by atoms with Crippen LogP contribution in [-0.2, 0) is 11.3 Å².